The van der Waals surface area contributed by atoms with Crippen LogP contribution in [-0.4, -0.2) is 34.2 Å². The van der Waals surface area contributed by atoms with Crippen LogP contribution in [0.4, 0.5) is 5.82 Å². The zero-order valence-electron chi connectivity index (χ0n) is 8.63. The molecule has 0 unspecified atom stereocenters. The molecule has 0 aliphatic heterocycles. The van der Waals surface area contributed by atoms with Gasteiger partial charge in [-0.2, -0.15) is 10.1 Å². The van der Waals surface area contributed by atoms with Crippen LogP contribution in [0.1, 0.15) is 12.6 Å². The summed E-state index contributed by atoms with van der Waals surface area (Å²) in [6.45, 7) is 4.14. The van der Waals surface area contributed by atoms with Crippen LogP contribution in [0.5, 0.6) is 0 Å². The smallest absolute Gasteiger partial charge is 0.363 e. The molecular weight excluding hydrogens is 198 g/mol. The summed E-state index contributed by atoms with van der Waals surface area (Å²) >= 11 is 0. The molecule has 7 heteroatoms. The normalized spacial score (nSPS) is 9.73. The Morgan fingerprint density at radius 2 is 2.20 bits per heavy atom. The minimum Gasteiger partial charge on any atom is -0.367 e. The average molecular weight is 211 g/mol. The maximum absolute atomic E-state index is 10.8. The summed E-state index contributed by atoms with van der Waals surface area (Å²) in [5, 5.41) is 11.5. The van der Waals surface area contributed by atoms with Crippen molar-refractivity contribution in [3.63, 3.8) is 0 Å². The predicted molar refractivity (Wildman–Crippen MR) is 54.6 cm³/mol. The summed E-state index contributed by atoms with van der Waals surface area (Å²) in [5.74, 6) is 0.342. The Kier molecular flexibility index (Phi) is 3.78. The molecule has 1 amide bonds. The van der Waals surface area contributed by atoms with E-state index in [4.69, 9.17) is 0 Å². The van der Waals surface area contributed by atoms with E-state index < -0.39 is 5.69 Å². The molecule has 0 atom stereocenters. The highest BCUT2D eigenvalue weighted by atomic mass is 16.1. The molecular formula is C8H13N5O2. The number of rotatable bonds is 4. The molecule has 1 aromatic heterocycles. The summed E-state index contributed by atoms with van der Waals surface area (Å²) in [5.41, 5.74) is 0.111. The fourth-order valence-corrected chi connectivity index (χ4v) is 0.979. The Morgan fingerprint density at radius 1 is 1.47 bits per heavy atom. The highest BCUT2D eigenvalue weighted by molar-refractivity contribution is 5.72. The average Bonchev–Trinajstić information content (AvgIpc) is 2.17. The molecule has 1 heterocycles. The summed E-state index contributed by atoms with van der Waals surface area (Å²) < 4.78 is 0. The Morgan fingerprint density at radius 3 is 2.87 bits per heavy atom. The molecule has 0 spiro atoms. The van der Waals surface area contributed by atoms with E-state index in [9.17, 15) is 9.59 Å². The molecule has 0 aliphatic carbocycles. The molecule has 7 nitrogen and oxygen atoms in total. The number of aryl methyl sites for hydroxylation is 1. The predicted octanol–water partition coefficient (Wildman–Crippen LogP) is -0.979. The summed E-state index contributed by atoms with van der Waals surface area (Å²) in [7, 11) is 0. The molecule has 0 fully saturated rings. The lowest BCUT2D eigenvalue weighted by atomic mass is 10.4. The van der Waals surface area contributed by atoms with Crippen molar-refractivity contribution in [3.8, 4) is 0 Å². The lowest BCUT2D eigenvalue weighted by molar-refractivity contribution is -0.118. The van der Waals surface area contributed by atoms with E-state index in [0.717, 1.165) is 0 Å². The number of aromatic nitrogens is 3. The first-order chi connectivity index (χ1) is 7.09. The van der Waals surface area contributed by atoms with Gasteiger partial charge in [-0.15, -0.1) is 0 Å². The van der Waals surface area contributed by atoms with E-state index in [2.05, 4.69) is 25.8 Å². The Bertz CT molecular complexity index is 400. The molecule has 0 radical (unpaired) electrons. The second-order valence-electron chi connectivity index (χ2n) is 2.98. The van der Waals surface area contributed by atoms with E-state index in [0.29, 0.717) is 24.6 Å². The highest BCUT2D eigenvalue weighted by Crippen LogP contribution is 2.01. The molecule has 0 bridgehead atoms. The van der Waals surface area contributed by atoms with Gasteiger partial charge in [-0.3, -0.25) is 4.79 Å². The van der Waals surface area contributed by atoms with E-state index >= 15 is 0 Å². The minimum absolute atomic E-state index is 0.0921. The van der Waals surface area contributed by atoms with Gasteiger partial charge in [0.1, 0.15) is 5.69 Å². The van der Waals surface area contributed by atoms with Gasteiger partial charge in [0.05, 0.1) is 0 Å². The van der Waals surface area contributed by atoms with Crippen molar-refractivity contribution in [1.29, 1.82) is 0 Å². The van der Waals surface area contributed by atoms with Gasteiger partial charge < -0.3 is 10.6 Å². The lowest BCUT2D eigenvalue weighted by Gasteiger charge is -2.06. The third-order valence-corrected chi connectivity index (χ3v) is 1.67. The fourth-order valence-electron chi connectivity index (χ4n) is 0.979. The second-order valence-corrected chi connectivity index (χ2v) is 2.98. The summed E-state index contributed by atoms with van der Waals surface area (Å²) in [4.78, 5) is 25.1. The fraction of sp³-hybridized carbons (Fsp3) is 0.500. The number of aromatic amines is 1. The third kappa shape index (κ3) is 3.75. The highest BCUT2D eigenvalue weighted by Gasteiger charge is 2.00. The summed E-state index contributed by atoms with van der Waals surface area (Å²) in [6, 6.07) is 0. The van der Waals surface area contributed by atoms with Gasteiger partial charge in [0.15, 0.2) is 5.82 Å². The largest absolute Gasteiger partial charge is 0.367 e. The Balaban J connectivity index is 2.47. The van der Waals surface area contributed by atoms with Crippen LogP contribution in [0.25, 0.3) is 0 Å². The monoisotopic (exact) mass is 211 g/mol. The molecule has 1 rings (SSSR count). The first-order valence-corrected chi connectivity index (χ1v) is 4.51. The van der Waals surface area contributed by atoms with Crippen molar-refractivity contribution in [2.45, 2.75) is 13.8 Å². The van der Waals surface area contributed by atoms with Gasteiger partial charge in [-0.1, -0.05) is 0 Å². The molecule has 0 aliphatic rings. The maximum Gasteiger partial charge on any atom is 0.363 e. The number of H-pyrrole nitrogens is 1. The van der Waals surface area contributed by atoms with Gasteiger partial charge >= 0.3 is 5.69 Å². The quantitative estimate of drug-likeness (QED) is 0.556. The number of anilines is 1. The number of nitrogens with zero attached hydrogens (tertiary/aromatic N) is 2. The Labute approximate surface area is 86.3 Å². The van der Waals surface area contributed by atoms with Crippen LogP contribution in [0.2, 0.25) is 0 Å². The van der Waals surface area contributed by atoms with Crippen molar-refractivity contribution < 1.29 is 4.79 Å². The van der Waals surface area contributed by atoms with Crippen LogP contribution < -0.4 is 16.3 Å². The van der Waals surface area contributed by atoms with Crippen LogP contribution in [0, 0.1) is 6.92 Å². The van der Waals surface area contributed by atoms with Crippen LogP contribution in [0.3, 0.4) is 0 Å². The Hall–Kier alpha value is -1.92. The number of hydrogen-bond acceptors (Lipinski definition) is 5. The first-order valence-electron chi connectivity index (χ1n) is 4.51. The van der Waals surface area contributed by atoms with E-state index in [1.165, 1.54) is 6.92 Å². The molecule has 3 N–H and O–H groups in total. The standard InChI is InChI=1S/C8H13N5O2/c1-5-7(11-8(15)13-12-5)10-4-3-9-6(2)14/h3-4H2,1-2H3,(H,9,14)(H2,10,11,13,15). The maximum atomic E-state index is 10.8. The summed E-state index contributed by atoms with van der Waals surface area (Å²) in [6.07, 6.45) is 0. The molecule has 0 aromatic carbocycles. The van der Waals surface area contributed by atoms with E-state index in [1.54, 1.807) is 6.92 Å². The van der Waals surface area contributed by atoms with Crippen LogP contribution >= 0.6 is 0 Å². The van der Waals surface area contributed by atoms with Gasteiger partial charge in [-0.05, 0) is 6.92 Å². The van der Waals surface area contributed by atoms with Crippen LogP contribution in [0.15, 0.2) is 4.79 Å². The zero-order chi connectivity index (χ0) is 11.3. The van der Waals surface area contributed by atoms with E-state index in [1.807, 2.05) is 0 Å². The van der Waals surface area contributed by atoms with Gasteiger partial charge in [0, 0.05) is 20.0 Å². The second kappa shape index (κ2) is 5.08. The van der Waals surface area contributed by atoms with Crippen LogP contribution in [-0.2, 0) is 4.79 Å². The van der Waals surface area contributed by atoms with Crippen molar-refractivity contribution in [3.05, 3.63) is 16.2 Å². The van der Waals surface area contributed by atoms with Gasteiger partial charge in [0.2, 0.25) is 5.91 Å². The van der Waals surface area contributed by atoms with Crippen molar-refractivity contribution in [2.24, 2.45) is 0 Å². The zero-order valence-corrected chi connectivity index (χ0v) is 8.63. The molecule has 82 valence electrons. The number of hydrogen-bond donors (Lipinski definition) is 3. The number of nitrogens with one attached hydrogen (secondary N) is 3. The number of carbonyl (C=O) groups excluding carboxylic acids is 1. The first kappa shape index (κ1) is 11.2. The number of amides is 1. The molecule has 0 saturated carbocycles. The molecule has 0 saturated heterocycles. The number of carbonyl (C=O) groups is 1. The SMILES string of the molecule is CC(=O)NCCNc1nc(=O)[nH]nc1C. The van der Waals surface area contributed by atoms with Crippen molar-refractivity contribution in [1.82, 2.24) is 20.5 Å². The van der Waals surface area contributed by atoms with Gasteiger partial charge in [0.25, 0.3) is 0 Å². The third-order valence-electron chi connectivity index (χ3n) is 1.67. The van der Waals surface area contributed by atoms with Gasteiger partial charge in [-0.25, -0.2) is 9.89 Å². The topological polar surface area (TPSA) is 99.8 Å². The molecule has 1 aromatic rings. The lowest BCUT2D eigenvalue weighted by Crippen LogP contribution is -2.27. The molecule has 15 heavy (non-hydrogen) atoms. The van der Waals surface area contributed by atoms with Crippen molar-refractivity contribution in [2.75, 3.05) is 18.4 Å². The van der Waals surface area contributed by atoms with Crippen molar-refractivity contribution >= 4 is 11.7 Å². The van der Waals surface area contributed by atoms with E-state index in [-0.39, 0.29) is 5.91 Å². The minimum atomic E-state index is -0.498.